The number of aryl methyl sites for hydroxylation is 1. The van der Waals surface area contributed by atoms with Crippen molar-refractivity contribution in [2.75, 3.05) is 5.32 Å². The van der Waals surface area contributed by atoms with Crippen molar-refractivity contribution in [1.29, 1.82) is 0 Å². The fourth-order valence-corrected chi connectivity index (χ4v) is 1.45. The van der Waals surface area contributed by atoms with Crippen molar-refractivity contribution in [3.8, 4) is 5.75 Å². The summed E-state index contributed by atoms with van der Waals surface area (Å²) >= 11 is 0. The number of rotatable bonds is 5. The summed E-state index contributed by atoms with van der Waals surface area (Å²) in [5, 5.41) is 6.93. The molecule has 0 aliphatic heterocycles. The second-order valence-corrected chi connectivity index (χ2v) is 4.10. The van der Waals surface area contributed by atoms with Crippen LogP contribution in [0.25, 0.3) is 0 Å². The van der Waals surface area contributed by atoms with Gasteiger partial charge in [-0.25, -0.2) is 4.98 Å². The molecule has 0 unspecified atom stereocenters. The topological polar surface area (TPSA) is 73.1 Å². The van der Waals surface area contributed by atoms with E-state index in [1.165, 1.54) is 0 Å². The summed E-state index contributed by atoms with van der Waals surface area (Å²) in [6.07, 6.45) is 1.80. The van der Waals surface area contributed by atoms with Crippen LogP contribution in [-0.2, 0) is 6.54 Å². The first-order valence-corrected chi connectivity index (χ1v) is 5.80. The Hall–Kier alpha value is -2.11. The van der Waals surface area contributed by atoms with Gasteiger partial charge in [-0.2, -0.15) is 4.98 Å². The normalized spacial score (nSPS) is 10.7. The van der Waals surface area contributed by atoms with Crippen LogP contribution in [0.2, 0.25) is 0 Å². The van der Waals surface area contributed by atoms with E-state index < -0.39 is 0 Å². The van der Waals surface area contributed by atoms with Crippen LogP contribution in [0.15, 0.2) is 22.9 Å². The third kappa shape index (κ3) is 3.19. The molecular formula is C12H16N4O2. The fraction of sp³-hybridized carbons (Fsp3) is 0.417. The van der Waals surface area contributed by atoms with E-state index in [2.05, 4.69) is 20.4 Å². The molecule has 2 heterocycles. The molecule has 0 aromatic carbocycles. The highest BCUT2D eigenvalue weighted by Crippen LogP contribution is 2.22. The summed E-state index contributed by atoms with van der Waals surface area (Å²) in [6.45, 7) is 6.14. The summed E-state index contributed by atoms with van der Waals surface area (Å²) in [6, 6.07) is 3.71. The van der Waals surface area contributed by atoms with E-state index in [1.54, 1.807) is 13.1 Å². The molecule has 0 saturated carbocycles. The van der Waals surface area contributed by atoms with Gasteiger partial charge in [-0.15, -0.1) is 0 Å². The Morgan fingerprint density at radius 2 is 2.28 bits per heavy atom. The molecule has 2 aromatic heterocycles. The van der Waals surface area contributed by atoms with Gasteiger partial charge in [0, 0.05) is 13.1 Å². The van der Waals surface area contributed by atoms with Gasteiger partial charge in [-0.05, 0) is 26.0 Å². The SMILES string of the molecule is Cc1nc(CNc2ncccc2OC(C)C)no1. The molecule has 0 spiro atoms. The fourth-order valence-electron chi connectivity index (χ4n) is 1.45. The standard InChI is InChI=1S/C12H16N4O2/c1-8(2)17-10-5-4-6-13-12(10)14-7-11-15-9(3)18-16-11/h4-6,8H,7H2,1-3H3,(H,13,14). The summed E-state index contributed by atoms with van der Waals surface area (Å²) < 4.78 is 10.5. The van der Waals surface area contributed by atoms with Crippen LogP contribution in [0.4, 0.5) is 5.82 Å². The van der Waals surface area contributed by atoms with Crippen molar-refractivity contribution < 1.29 is 9.26 Å². The number of ether oxygens (including phenoxy) is 1. The average Bonchev–Trinajstić information content (AvgIpc) is 2.73. The second-order valence-electron chi connectivity index (χ2n) is 4.10. The lowest BCUT2D eigenvalue weighted by molar-refractivity contribution is 0.243. The zero-order valence-electron chi connectivity index (χ0n) is 10.7. The second kappa shape index (κ2) is 5.48. The Morgan fingerprint density at radius 1 is 1.44 bits per heavy atom. The molecule has 6 heteroatoms. The first-order valence-electron chi connectivity index (χ1n) is 5.80. The largest absolute Gasteiger partial charge is 0.487 e. The van der Waals surface area contributed by atoms with Crippen molar-refractivity contribution in [2.45, 2.75) is 33.4 Å². The van der Waals surface area contributed by atoms with Gasteiger partial charge < -0.3 is 14.6 Å². The lowest BCUT2D eigenvalue weighted by Gasteiger charge is -2.13. The predicted molar refractivity (Wildman–Crippen MR) is 66.4 cm³/mol. The average molecular weight is 248 g/mol. The minimum Gasteiger partial charge on any atom is -0.487 e. The zero-order valence-corrected chi connectivity index (χ0v) is 10.7. The lowest BCUT2D eigenvalue weighted by atomic mass is 10.4. The molecule has 0 fully saturated rings. The summed E-state index contributed by atoms with van der Waals surface area (Å²) in [7, 11) is 0. The number of aromatic nitrogens is 3. The molecular weight excluding hydrogens is 232 g/mol. The van der Waals surface area contributed by atoms with Crippen LogP contribution >= 0.6 is 0 Å². The molecule has 96 valence electrons. The third-order valence-electron chi connectivity index (χ3n) is 2.12. The Morgan fingerprint density at radius 3 is 2.94 bits per heavy atom. The molecule has 0 radical (unpaired) electrons. The maximum atomic E-state index is 5.65. The number of anilines is 1. The van der Waals surface area contributed by atoms with E-state index >= 15 is 0 Å². The molecule has 18 heavy (non-hydrogen) atoms. The molecule has 0 saturated heterocycles. The van der Waals surface area contributed by atoms with Crippen LogP contribution in [-0.4, -0.2) is 21.2 Å². The highest BCUT2D eigenvalue weighted by molar-refractivity contribution is 5.49. The van der Waals surface area contributed by atoms with Gasteiger partial charge in [0.2, 0.25) is 5.89 Å². The van der Waals surface area contributed by atoms with E-state index in [9.17, 15) is 0 Å². The molecule has 0 atom stereocenters. The highest BCUT2D eigenvalue weighted by atomic mass is 16.5. The molecule has 2 aromatic rings. The van der Waals surface area contributed by atoms with E-state index in [-0.39, 0.29) is 6.10 Å². The summed E-state index contributed by atoms with van der Waals surface area (Å²) in [5.41, 5.74) is 0. The Bertz CT molecular complexity index is 510. The van der Waals surface area contributed by atoms with Gasteiger partial charge in [-0.3, -0.25) is 0 Å². The van der Waals surface area contributed by atoms with Crippen molar-refractivity contribution in [1.82, 2.24) is 15.1 Å². The van der Waals surface area contributed by atoms with Crippen LogP contribution in [0.3, 0.4) is 0 Å². The van der Waals surface area contributed by atoms with Crippen LogP contribution < -0.4 is 10.1 Å². The van der Waals surface area contributed by atoms with Gasteiger partial charge in [-0.1, -0.05) is 5.16 Å². The molecule has 6 nitrogen and oxygen atoms in total. The summed E-state index contributed by atoms with van der Waals surface area (Å²) in [5.74, 6) is 2.53. The van der Waals surface area contributed by atoms with Gasteiger partial charge in [0.15, 0.2) is 17.4 Å². The van der Waals surface area contributed by atoms with Crippen molar-refractivity contribution >= 4 is 5.82 Å². The maximum absolute atomic E-state index is 5.65. The molecule has 2 rings (SSSR count). The monoisotopic (exact) mass is 248 g/mol. The number of nitrogens with one attached hydrogen (secondary N) is 1. The Labute approximate surface area is 105 Å². The third-order valence-corrected chi connectivity index (χ3v) is 2.12. The quantitative estimate of drug-likeness (QED) is 0.874. The van der Waals surface area contributed by atoms with Gasteiger partial charge in [0.05, 0.1) is 12.6 Å². The molecule has 0 bridgehead atoms. The van der Waals surface area contributed by atoms with E-state index in [0.29, 0.717) is 29.8 Å². The smallest absolute Gasteiger partial charge is 0.223 e. The van der Waals surface area contributed by atoms with Gasteiger partial charge >= 0.3 is 0 Å². The molecule has 0 amide bonds. The van der Waals surface area contributed by atoms with Crippen molar-refractivity contribution in [2.24, 2.45) is 0 Å². The first kappa shape index (κ1) is 12.3. The molecule has 1 N–H and O–H groups in total. The number of pyridine rings is 1. The number of hydrogen-bond donors (Lipinski definition) is 1. The first-order chi connectivity index (χ1) is 8.65. The van der Waals surface area contributed by atoms with Crippen molar-refractivity contribution in [3.05, 3.63) is 30.0 Å². The van der Waals surface area contributed by atoms with Crippen LogP contribution in [0.5, 0.6) is 5.75 Å². The lowest BCUT2D eigenvalue weighted by Crippen LogP contribution is -2.10. The molecule has 0 aliphatic carbocycles. The van der Waals surface area contributed by atoms with Crippen LogP contribution in [0, 0.1) is 6.92 Å². The minimum atomic E-state index is 0.0992. The summed E-state index contributed by atoms with van der Waals surface area (Å²) in [4.78, 5) is 8.34. The predicted octanol–water partition coefficient (Wildman–Crippen LogP) is 2.17. The van der Waals surface area contributed by atoms with E-state index in [4.69, 9.17) is 9.26 Å². The van der Waals surface area contributed by atoms with Gasteiger partial charge in [0.25, 0.3) is 0 Å². The van der Waals surface area contributed by atoms with Gasteiger partial charge in [0.1, 0.15) is 0 Å². The Balaban J connectivity index is 2.04. The molecule has 0 aliphatic rings. The van der Waals surface area contributed by atoms with Crippen molar-refractivity contribution in [3.63, 3.8) is 0 Å². The number of nitrogens with zero attached hydrogens (tertiary/aromatic N) is 3. The Kier molecular flexibility index (Phi) is 3.76. The maximum Gasteiger partial charge on any atom is 0.223 e. The number of hydrogen-bond acceptors (Lipinski definition) is 6. The van der Waals surface area contributed by atoms with E-state index in [0.717, 1.165) is 0 Å². The van der Waals surface area contributed by atoms with Crippen LogP contribution in [0.1, 0.15) is 25.6 Å². The highest BCUT2D eigenvalue weighted by Gasteiger charge is 2.08. The zero-order chi connectivity index (χ0) is 13.0. The minimum absolute atomic E-state index is 0.0992. The van der Waals surface area contributed by atoms with E-state index in [1.807, 2.05) is 26.0 Å².